The second kappa shape index (κ2) is 11.8. The molecule has 0 radical (unpaired) electrons. The van der Waals surface area contributed by atoms with E-state index in [2.05, 4.69) is 44.3 Å². The highest BCUT2D eigenvalue weighted by Crippen LogP contribution is 2.20. The molecule has 3 aromatic heterocycles. The molecule has 9 nitrogen and oxygen atoms in total. The lowest BCUT2D eigenvalue weighted by Crippen LogP contribution is -2.18. The predicted octanol–water partition coefficient (Wildman–Crippen LogP) is 3.85. The number of nitrogens with one attached hydrogen (secondary N) is 3. The van der Waals surface area contributed by atoms with Gasteiger partial charge in [-0.05, 0) is 23.9 Å². The Morgan fingerprint density at radius 3 is 2.50 bits per heavy atom. The van der Waals surface area contributed by atoms with Crippen LogP contribution >= 0.6 is 11.6 Å². The van der Waals surface area contributed by atoms with Gasteiger partial charge in [-0.15, -0.1) is 0 Å². The summed E-state index contributed by atoms with van der Waals surface area (Å²) in [4.78, 5) is 33.4. The first-order chi connectivity index (χ1) is 15.4. The molecule has 0 aliphatic heterocycles. The van der Waals surface area contributed by atoms with Crippen molar-refractivity contribution in [3.63, 3.8) is 0 Å². The molecule has 32 heavy (non-hydrogen) atoms. The lowest BCUT2D eigenvalue weighted by Gasteiger charge is -2.01. The largest absolute Gasteiger partial charge is 0.383 e. The molecule has 0 aliphatic carbocycles. The summed E-state index contributed by atoms with van der Waals surface area (Å²) in [5.74, 6) is -0.0589. The zero-order valence-electron chi connectivity index (χ0n) is 18.6. The van der Waals surface area contributed by atoms with E-state index in [1.807, 2.05) is 25.1 Å². The number of H-pyrrole nitrogens is 2. The summed E-state index contributed by atoms with van der Waals surface area (Å²) < 4.78 is 0. The first kappa shape index (κ1) is 24.8. The SMILES string of the molecule is CCCC.CCc1cc2cccc(Cl)c2c(=O)[nH]1.CNC(=O)c1[nH]nc2ncnc(N)c12. The van der Waals surface area contributed by atoms with Crippen molar-refractivity contribution >= 4 is 45.1 Å². The van der Waals surface area contributed by atoms with E-state index < -0.39 is 0 Å². The molecule has 0 aliphatic rings. The second-order valence-electron chi connectivity index (χ2n) is 6.82. The van der Waals surface area contributed by atoms with Crippen molar-refractivity contribution in [3.05, 3.63) is 57.4 Å². The van der Waals surface area contributed by atoms with E-state index >= 15 is 0 Å². The van der Waals surface area contributed by atoms with Gasteiger partial charge in [0.1, 0.15) is 17.8 Å². The maximum Gasteiger partial charge on any atom is 0.269 e. The van der Waals surface area contributed by atoms with Gasteiger partial charge in [-0.2, -0.15) is 5.10 Å². The summed E-state index contributed by atoms with van der Waals surface area (Å²) in [6.45, 7) is 6.36. The Balaban J connectivity index is 0.000000195. The van der Waals surface area contributed by atoms with Crippen molar-refractivity contribution in [3.8, 4) is 0 Å². The highest BCUT2D eigenvalue weighted by molar-refractivity contribution is 6.35. The Bertz CT molecular complexity index is 1250. The molecule has 170 valence electrons. The van der Waals surface area contributed by atoms with Gasteiger partial charge in [0.15, 0.2) is 5.65 Å². The van der Waals surface area contributed by atoms with Crippen LogP contribution in [0, 0.1) is 0 Å². The number of hydrogen-bond donors (Lipinski definition) is 4. The normalized spacial score (nSPS) is 10.2. The predicted molar refractivity (Wildman–Crippen MR) is 129 cm³/mol. The number of aromatic amines is 2. The maximum absolute atomic E-state index is 11.6. The van der Waals surface area contributed by atoms with Crippen LogP contribution in [0.4, 0.5) is 5.82 Å². The number of fused-ring (bicyclic) bond motifs is 2. The van der Waals surface area contributed by atoms with Crippen LogP contribution in [0.1, 0.15) is 49.8 Å². The van der Waals surface area contributed by atoms with E-state index in [1.54, 1.807) is 6.07 Å². The molecule has 0 saturated carbocycles. The maximum atomic E-state index is 11.6. The van der Waals surface area contributed by atoms with Crippen LogP contribution in [0.2, 0.25) is 5.02 Å². The van der Waals surface area contributed by atoms with Crippen molar-refractivity contribution in [1.29, 1.82) is 0 Å². The van der Waals surface area contributed by atoms with E-state index in [1.165, 1.54) is 26.2 Å². The van der Waals surface area contributed by atoms with Crippen molar-refractivity contribution in [2.24, 2.45) is 0 Å². The van der Waals surface area contributed by atoms with Gasteiger partial charge in [-0.3, -0.25) is 14.7 Å². The monoisotopic (exact) mass is 457 g/mol. The van der Waals surface area contributed by atoms with E-state index in [0.717, 1.165) is 17.5 Å². The van der Waals surface area contributed by atoms with E-state index in [0.29, 0.717) is 21.4 Å². The van der Waals surface area contributed by atoms with Crippen LogP contribution in [-0.2, 0) is 6.42 Å². The minimum atomic E-state index is -0.297. The van der Waals surface area contributed by atoms with Crippen LogP contribution < -0.4 is 16.6 Å². The molecule has 4 rings (SSSR count). The Morgan fingerprint density at radius 2 is 1.88 bits per heavy atom. The summed E-state index contributed by atoms with van der Waals surface area (Å²) in [5.41, 5.74) is 7.09. The van der Waals surface area contributed by atoms with Crippen LogP contribution in [0.5, 0.6) is 0 Å². The summed E-state index contributed by atoms with van der Waals surface area (Å²) in [5, 5.41) is 11.3. The van der Waals surface area contributed by atoms with Gasteiger partial charge in [0.05, 0.1) is 15.8 Å². The highest BCUT2D eigenvalue weighted by atomic mass is 35.5. The fourth-order valence-corrected chi connectivity index (χ4v) is 2.96. The minimum absolute atomic E-state index is 0.107. The quantitative estimate of drug-likeness (QED) is 0.368. The Hall–Kier alpha value is -3.46. The molecule has 10 heteroatoms. The number of halogens is 1. The average molecular weight is 458 g/mol. The van der Waals surface area contributed by atoms with Crippen molar-refractivity contribution in [2.45, 2.75) is 40.0 Å². The van der Waals surface area contributed by atoms with E-state index in [4.69, 9.17) is 17.3 Å². The van der Waals surface area contributed by atoms with E-state index in [-0.39, 0.29) is 23.0 Å². The number of carbonyl (C=O) groups excluding carboxylic acids is 1. The lowest BCUT2D eigenvalue weighted by atomic mass is 10.1. The fraction of sp³-hybridized carbons (Fsp3) is 0.318. The summed E-state index contributed by atoms with van der Waals surface area (Å²) >= 11 is 5.94. The van der Waals surface area contributed by atoms with Gasteiger partial charge in [-0.25, -0.2) is 9.97 Å². The third kappa shape index (κ3) is 5.82. The molecule has 1 aromatic carbocycles. The number of carbonyl (C=O) groups is 1. The van der Waals surface area contributed by atoms with Crippen LogP contribution in [0.15, 0.2) is 35.4 Å². The first-order valence-corrected chi connectivity index (χ1v) is 10.7. The van der Waals surface area contributed by atoms with Gasteiger partial charge < -0.3 is 16.0 Å². The molecule has 3 heterocycles. The molecule has 5 N–H and O–H groups in total. The van der Waals surface area contributed by atoms with Crippen LogP contribution in [0.25, 0.3) is 21.8 Å². The van der Waals surface area contributed by atoms with Crippen LogP contribution in [-0.4, -0.2) is 38.1 Å². The molecule has 4 aromatic rings. The summed E-state index contributed by atoms with van der Waals surface area (Å²) in [6, 6.07) is 7.44. The zero-order chi connectivity index (χ0) is 23.7. The van der Waals surface area contributed by atoms with Crippen molar-refractivity contribution in [1.82, 2.24) is 30.5 Å². The zero-order valence-corrected chi connectivity index (χ0v) is 19.4. The van der Waals surface area contributed by atoms with Crippen LogP contribution in [0.3, 0.4) is 0 Å². The van der Waals surface area contributed by atoms with Gasteiger partial charge in [0.2, 0.25) is 0 Å². The number of nitrogen functional groups attached to an aromatic ring is 1. The van der Waals surface area contributed by atoms with Gasteiger partial charge in [0.25, 0.3) is 11.5 Å². The molecule has 0 saturated heterocycles. The smallest absolute Gasteiger partial charge is 0.269 e. The number of hydrogen-bond acceptors (Lipinski definition) is 6. The molecular formula is C22H28ClN7O2. The number of aryl methyl sites for hydroxylation is 1. The number of aromatic nitrogens is 5. The molecule has 0 atom stereocenters. The topological polar surface area (TPSA) is 142 Å². The molecule has 0 spiro atoms. The summed E-state index contributed by atoms with van der Waals surface area (Å²) in [6.07, 6.45) is 4.75. The number of nitrogens with two attached hydrogens (primary N) is 1. The number of unbranched alkanes of at least 4 members (excludes halogenated alkanes) is 1. The van der Waals surface area contributed by atoms with Crippen molar-refractivity contribution in [2.75, 3.05) is 12.8 Å². The molecular weight excluding hydrogens is 430 g/mol. The fourth-order valence-electron chi connectivity index (χ4n) is 2.69. The third-order valence-electron chi connectivity index (χ3n) is 4.59. The standard InChI is InChI=1S/C11H10ClNO.C7H8N6O.C4H10/c1-2-8-6-7-4-3-5-9(12)10(7)11(14)13-8;1-9-7(14)4-3-5(8)10-2-11-6(3)13-12-4;1-3-4-2/h3-6H,2H2,1H3,(H,13,14);2H,1H3,(H,9,14)(H3,8,10,11,12,13);3-4H2,1-2H3. The number of nitrogens with zero attached hydrogens (tertiary/aromatic N) is 3. The number of anilines is 1. The Labute approximate surface area is 190 Å². The Morgan fingerprint density at radius 1 is 1.16 bits per heavy atom. The second-order valence-corrected chi connectivity index (χ2v) is 7.22. The number of rotatable bonds is 3. The molecule has 0 fully saturated rings. The summed E-state index contributed by atoms with van der Waals surface area (Å²) in [7, 11) is 1.52. The first-order valence-electron chi connectivity index (χ1n) is 10.3. The van der Waals surface area contributed by atoms with Gasteiger partial charge in [0, 0.05) is 12.7 Å². The third-order valence-corrected chi connectivity index (χ3v) is 4.91. The number of benzene rings is 1. The van der Waals surface area contributed by atoms with Gasteiger partial charge >= 0.3 is 0 Å². The van der Waals surface area contributed by atoms with Crippen molar-refractivity contribution < 1.29 is 4.79 Å². The minimum Gasteiger partial charge on any atom is -0.383 e. The molecule has 0 unspecified atom stereocenters. The van der Waals surface area contributed by atoms with Gasteiger partial charge in [-0.1, -0.05) is 57.3 Å². The Kier molecular flexibility index (Phi) is 9.15. The molecule has 0 bridgehead atoms. The number of amides is 1. The highest BCUT2D eigenvalue weighted by Gasteiger charge is 2.15. The average Bonchev–Trinajstić information content (AvgIpc) is 3.24. The number of pyridine rings is 1. The lowest BCUT2D eigenvalue weighted by molar-refractivity contribution is 0.0959. The molecule has 1 amide bonds. The van der Waals surface area contributed by atoms with E-state index in [9.17, 15) is 9.59 Å².